The molecule has 1 amide bonds. The second kappa shape index (κ2) is 18.3. The molecule has 1 unspecified atom stereocenters. The highest BCUT2D eigenvalue weighted by Crippen LogP contribution is 2.69. The Labute approximate surface area is 414 Å². The van der Waals surface area contributed by atoms with Gasteiger partial charge in [0.1, 0.15) is 42.2 Å². The lowest BCUT2D eigenvalue weighted by Crippen LogP contribution is -2.45. The molecule has 0 bridgehead atoms. The van der Waals surface area contributed by atoms with E-state index in [2.05, 4.69) is 25.6 Å². The molecule has 10 rings (SSSR count). The van der Waals surface area contributed by atoms with Gasteiger partial charge in [-0.25, -0.2) is 27.9 Å². The number of aryl methyl sites for hydroxylation is 1. The van der Waals surface area contributed by atoms with E-state index in [-0.39, 0.29) is 85.3 Å². The average molecular weight is 1020 g/mol. The summed E-state index contributed by atoms with van der Waals surface area (Å²) in [7, 11) is 3.06. The molecule has 5 aliphatic rings. The van der Waals surface area contributed by atoms with E-state index < -0.39 is 68.6 Å². The standard InChI is InChI=1S/C51H49ClF6N8O6/c1-28-19-35(64(20-30-8-12-32(69-3)13-9-30)21-31-10-14-33(70-4)15-11-31)62-42(39(28)51(56,57)58)37-40(52)43-38-44(41(37)53)72-36(71-26-49-16-6-18-65(49)25-48(23-49)24-50(48,54)55)22-66(46(38)61-27-60-43)29(2)34-7-5-17-59-45(34)63-47(67)68/h5,7-15,17,19,22,29,61H,6,16,18,20-21,23-27H2,1-4H3,(H,59,63)(H,67,68)/t29?,48-,49+/m1/s1. The molecule has 21 heteroatoms. The molecule has 3 fully saturated rings. The largest absolute Gasteiger partial charge is 0.497 e. The van der Waals surface area contributed by atoms with Crippen molar-refractivity contribution in [2.75, 3.05) is 50.8 Å². The molecule has 1 spiro atoms. The Bertz CT molecular complexity index is 3080. The fourth-order valence-electron chi connectivity index (χ4n) is 10.8. The molecule has 72 heavy (non-hydrogen) atoms. The zero-order chi connectivity index (χ0) is 50.9. The number of benzene rings is 3. The predicted molar refractivity (Wildman–Crippen MR) is 253 cm³/mol. The molecule has 1 aliphatic carbocycles. The van der Waals surface area contributed by atoms with Gasteiger partial charge in [-0.2, -0.15) is 13.2 Å². The molecular weight excluding hydrogens is 970 g/mol. The van der Waals surface area contributed by atoms with Gasteiger partial charge in [-0.1, -0.05) is 41.9 Å². The van der Waals surface area contributed by atoms with Crippen molar-refractivity contribution in [3.8, 4) is 28.5 Å². The molecule has 3 atom stereocenters. The maximum absolute atomic E-state index is 18.2. The van der Waals surface area contributed by atoms with Crippen molar-refractivity contribution in [1.82, 2.24) is 25.1 Å². The van der Waals surface area contributed by atoms with Crippen LogP contribution in [0, 0.1) is 18.2 Å². The minimum absolute atomic E-state index is 0.0178. The van der Waals surface area contributed by atoms with E-state index >= 15 is 17.6 Å². The van der Waals surface area contributed by atoms with Gasteiger partial charge in [-0.3, -0.25) is 15.2 Å². The molecular formula is C51H49ClF6N8O6. The SMILES string of the molecule is COc1ccc(CN(Cc2ccc(OC)cc2)c2cc(C)c(C(F)(F)F)c(-c3c(F)c4c5c(c3Cl)=NCNC=5N(C(C)c3cccnc3NC(=O)O)C=C(OC[C@@]35CCCN3C[C@]3(CC3(F)F)C5)O4)n2)cc1. The van der Waals surface area contributed by atoms with Gasteiger partial charge in [-0.15, -0.1) is 0 Å². The highest BCUT2D eigenvalue weighted by molar-refractivity contribution is 6.33. The van der Waals surface area contributed by atoms with Crippen LogP contribution in [0.2, 0.25) is 5.02 Å². The fraction of sp³-hybridized carbons (Fsp3) is 0.373. The lowest BCUT2D eigenvalue weighted by atomic mass is 9.89. The number of rotatable bonds is 14. The quantitative estimate of drug-likeness (QED) is 0.0912. The summed E-state index contributed by atoms with van der Waals surface area (Å²) in [5.41, 5.74) is -3.20. The normalized spacial score (nSPS) is 21.1. The van der Waals surface area contributed by atoms with Crippen LogP contribution in [-0.4, -0.2) is 83.0 Å². The second-order valence-electron chi connectivity index (χ2n) is 18.8. The minimum atomic E-state index is -5.08. The van der Waals surface area contributed by atoms with Gasteiger partial charge >= 0.3 is 18.2 Å². The highest BCUT2D eigenvalue weighted by atomic mass is 35.5. The van der Waals surface area contributed by atoms with E-state index in [1.54, 1.807) is 53.1 Å². The van der Waals surface area contributed by atoms with Crippen molar-refractivity contribution in [2.45, 2.75) is 76.3 Å². The molecule has 6 heterocycles. The number of nitrogens with zero attached hydrogens (tertiary/aromatic N) is 6. The first-order chi connectivity index (χ1) is 34.3. The number of nitrogens with one attached hydrogen (secondary N) is 2. The maximum Gasteiger partial charge on any atom is 0.418 e. The lowest BCUT2D eigenvalue weighted by molar-refractivity contribution is -0.137. The number of hydrogen-bond acceptors (Lipinski definition) is 12. The van der Waals surface area contributed by atoms with Gasteiger partial charge < -0.3 is 39.2 Å². The van der Waals surface area contributed by atoms with E-state index in [1.807, 2.05) is 29.2 Å². The number of ether oxygens (including phenoxy) is 4. The van der Waals surface area contributed by atoms with Crippen LogP contribution in [0.3, 0.4) is 0 Å². The van der Waals surface area contributed by atoms with Crippen LogP contribution < -0.4 is 40.3 Å². The van der Waals surface area contributed by atoms with E-state index in [1.165, 1.54) is 39.6 Å². The van der Waals surface area contributed by atoms with E-state index in [0.717, 1.165) is 17.5 Å². The number of alkyl halides is 5. The summed E-state index contributed by atoms with van der Waals surface area (Å²) < 4.78 is 118. The van der Waals surface area contributed by atoms with Crippen molar-refractivity contribution in [1.29, 1.82) is 0 Å². The van der Waals surface area contributed by atoms with Crippen LogP contribution in [0.4, 0.5) is 42.8 Å². The van der Waals surface area contributed by atoms with E-state index in [0.29, 0.717) is 30.0 Å². The summed E-state index contributed by atoms with van der Waals surface area (Å²) in [6.45, 7) is 3.69. The van der Waals surface area contributed by atoms with Gasteiger partial charge in [0, 0.05) is 37.8 Å². The molecule has 0 radical (unpaired) electrons. The van der Waals surface area contributed by atoms with Crippen LogP contribution in [0.1, 0.15) is 66.5 Å². The number of halogens is 7. The number of amides is 1. The summed E-state index contributed by atoms with van der Waals surface area (Å²) in [4.78, 5) is 30.7. The molecule has 3 aromatic carbocycles. The number of pyridine rings is 2. The molecule has 1 saturated carbocycles. The third-order valence-electron chi connectivity index (χ3n) is 14.4. The zero-order valence-electron chi connectivity index (χ0n) is 39.5. The summed E-state index contributed by atoms with van der Waals surface area (Å²) >= 11 is 7.19. The van der Waals surface area contributed by atoms with Gasteiger partial charge in [0.25, 0.3) is 5.92 Å². The van der Waals surface area contributed by atoms with Crippen molar-refractivity contribution in [3.63, 3.8) is 0 Å². The summed E-state index contributed by atoms with van der Waals surface area (Å²) in [6, 6.07) is 18.0. The summed E-state index contributed by atoms with van der Waals surface area (Å²) in [6.07, 6.45) is -2.48. The first-order valence-electron chi connectivity index (χ1n) is 23.2. The highest BCUT2D eigenvalue weighted by Gasteiger charge is 2.77. The number of anilines is 2. The smallest absolute Gasteiger partial charge is 0.418 e. The van der Waals surface area contributed by atoms with Crippen molar-refractivity contribution < 1.29 is 55.2 Å². The molecule has 4 aliphatic heterocycles. The van der Waals surface area contributed by atoms with E-state index in [4.69, 9.17) is 30.5 Å². The monoisotopic (exact) mass is 1020 g/mol. The van der Waals surface area contributed by atoms with Gasteiger partial charge in [0.05, 0.1) is 69.8 Å². The Balaban J connectivity index is 1.14. The summed E-state index contributed by atoms with van der Waals surface area (Å²) in [5.74, 6) is -3.71. The Morgan fingerprint density at radius 1 is 1.04 bits per heavy atom. The van der Waals surface area contributed by atoms with Crippen molar-refractivity contribution in [2.24, 2.45) is 10.4 Å². The van der Waals surface area contributed by atoms with E-state index in [9.17, 15) is 18.7 Å². The first kappa shape index (κ1) is 48.7. The minimum Gasteiger partial charge on any atom is -0.497 e. The number of methoxy groups -OCH3 is 2. The number of carboxylic acid groups (broad SMARTS) is 1. The molecule has 2 saturated heterocycles. The van der Waals surface area contributed by atoms with Crippen LogP contribution in [-0.2, 0) is 24.0 Å². The average Bonchev–Trinajstić information content (AvgIpc) is 3.53. The number of aromatic nitrogens is 2. The zero-order valence-corrected chi connectivity index (χ0v) is 40.2. The Hall–Kier alpha value is -6.93. The topological polar surface area (TPSA) is 146 Å². The Morgan fingerprint density at radius 3 is 2.32 bits per heavy atom. The van der Waals surface area contributed by atoms with Crippen molar-refractivity contribution >= 4 is 35.2 Å². The van der Waals surface area contributed by atoms with Crippen LogP contribution in [0.5, 0.6) is 17.2 Å². The lowest BCUT2D eigenvalue weighted by Gasteiger charge is -2.33. The molecule has 378 valence electrons. The molecule has 2 aromatic heterocycles. The second-order valence-corrected chi connectivity index (χ2v) is 19.2. The Morgan fingerprint density at radius 2 is 1.71 bits per heavy atom. The number of fused-ring (bicyclic) bond motifs is 1. The number of hydrogen-bond donors (Lipinski definition) is 3. The fourth-order valence-corrected chi connectivity index (χ4v) is 11.1. The van der Waals surface area contributed by atoms with Crippen molar-refractivity contribution in [3.05, 3.63) is 134 Å². The van der Waals surface area contributed by atoms with Gasteiger partial charge in [-0.05, 0) is 92.7 Å². The first-order valence-corrected chi connectivity index (χ1v) is 23.5. The molecule has 3 N–H and O–H groups in total. The number of carbonyl (C=O) groups is 1. The predicted octanol–water partition coefficient (Wildman–Crippen LogP) is 9.36. The third-order valence-corrected chi connectivity index (χ3v) is 14.7. The van der Waals surface area contributed by atoms with Crippen LogP contribution in [0.25, 0.3) is 17.1 Å². The van der Waals surface area contributed by atoms with Gasteiger partial charge in [0.2, 0.25) is 0 Å². The Kier molecular flexibility index (Phi) is 12.4. The van der Waals surface area contributed by atoms with Crippen LogP contribution in [0.15, 0.2) is 90.1 Å². The summed E-state index contributed by atoms with van der Waals surface area (Å²) in [5, 5.41) is 14.5. The van der Waals surface area contributed by atoms with Gasteiger partial charge in [0.15, 0.2) is 11.6 Å². The van der Waals surface area contributed by atoms with Crippen LogP contribution >= 0.6 is 11.6 Å². The maximum atomic E-state index is 18.2. The molecule has 5 aromatic rings. The third kappa shape index (κ3) is 8.71. The molecule has 14 nitrogen and oxygen atoms in total.